The molecule has 26 heavy (non-hydrogen) atoms. The molecule has 0 aromatic heterocycles. The maximum absolute atomic E-state index is 12.2. The monoisotopic (exact) mass is 358 g/mol. The number of hydrogen-bond acceptors (Lipinski definition) is 6. The lowest BCUT2D eigenvalue weighted by molar-refractivity contribution is 0.0952. The van der Waals surface area contributed by atoms with Gasteiger partial charge in [-0.05, 0) is 38.1 Å². The summed E-state index contributed by atoms with van der Waals surface area (Å²) in [6.07, 6.45) is 1.36. The molecular formula is C19H22N2O5. The normalized spacial score (nSPS) is 10.8. The Kier molecular flexibility index (Phi) is 6.43. The first-order chi connectivity index (χ1) is 12.4. The molecule has 0 aliphatic rings. The number of nitrogens with one attached hydrogen (secondary N) is 1. The number of benzene rings is 2. The van der Waals surface area contributed by atoms with Crippen LogP contribution < -0.4 is 19.6 Å². The summed E-state index contributed by atoms with van der Waals surface area (Å²) in [7, 11) is 3.00. The van der Waals surface area contributed by atoms with Crippen LogP contribution in [0.2, 0.25) is 0 Å². The van der Waals surface area contributed by atoms with Crippen LogP contribution in [0.15, 0.2) is 41.5 Å². The molecule has 7 heteroatoms. The lowest BCUT2D eigenvalue weighted by Crippen LogP contribution is -2.18. The number of ether oxygens (including phenoxy) is 3. The summed E-state index contributed by atoms with van der Waals surface area (Å²) in [4.78, 5) is 12.2. The summed E-state index contributed by atoms with van der Waals surface area (Å²) in [6, 6.07) is 9.71. The van der Waals surface area contributed by atoms with Crippen LogP contribution in [0.4, 0.5) is 0 Å². The molecule has 0 radical (unpaired) electrons. The molecule has 0 unspecified atom stereocenters. The molecule has 138 valence electrons. The Morgan fingerprint density at radius 2 is 1.85 bits per heavy atom. The first-order valence-corrected chi connectivity index (χ1v) is 7.99. The lowest BCUT2D eigenvalue weighted by atomic mass is 10.2. The summed E-state index contributed by atoms with van der Waals surface area (Å²) in [5.41, 5.74) is 3.16. The van der Waals surface area contributed by atoms with Crippen LogP contribution in [-0.4, -0.2) is 37.6 Å². The second-order valence-electron chi connectivity index (χ2n) is 5.65. The SMILES string of the molecule is COc1ccc(C(=O)N/N=C\c2ccc(OC(C)C)cc2O)c(OC)c1. The standard InChI is InChI=1S/C19H22N2O5/c1-12(2)26-15-6-5-13(17(22)9-15)11-20-21-19(23)16-8-7-14(24-3)10-18(16)25-4/h5-12,22H,1-4H3,(H,21,23)/b20-11-. The van der Waals surface area contributed by atoms with Crippen LogP contribution >= 0.6 is 0 Å². The topological polar surface area (TPSA) is 89.4 Å². The molecule has 0 fully saturated rings. The van der Waals surface area contributed by atoms with E-state index in [-0.39, 0.29) is 11.9 Å². The molecule has 0 atom stereocenters. The summed E-state index contributed by atoms with van der Waals surface area (Å²) in [6.45, 7) is 3.80. The van der Waals surface area contributed by atoms with Gasteiger partial charge in [-0.25, -0.2) is 5.43 Å². The Labute approximate surface area is 152 Å². The smallest absolute Gasteiger partial charge is 0.275 e. The van der Waals surface area contributed by atoms with Crippen molar-refractivity contribution in [1.82, 2.24) is 5.43 Å². The van der Waals surface area contributed by atoms with Crippen LogP contribution in [0.25, 0.3) is 0 Å². The molecule has 0 heterocycles. The van der Waals surface area contributed by atoms with Gasteiger partial charge in [0.25, 0.3) is 5.91 Å². The van der Waals surface area contributed by atoms with E-state index in [0.29, 0.717) is 28.4 Å². The number of carbonyl (C=O) groups excluding carboxylic acids is 1. The Morgan fingerprint density at radius 1 is 1.12 bits per heavy atom. The van der Waals surface area contributed by atoms with Crippen molar-refractivity contribution in [3.8, 4) is 23.0 Å². The third-order valence-corrected chi connectivity index (χ3v) is 3.40. The fourth-order valence-electron chi connectivity index (χ4n) is 2.18. The van der Waals surface area contributed by atoms with E-state index in [1.54, 1.807) is 30.3 Å². The molecule has 0 aliphatic heterocycles. The Morgan fingerprint density at radius 3 is 2.46 bits per heavy atom. The number of amides is 1. The molecule has 7 nitrogen and oxygen atoms in total. The van der Waals surface area contributed by atoms with Crippen molar-refractivity contribution in [1.29, 1.82) is 0 Å². The van der Waals surface area contributed by atoms with Crippen molar-refractivity contribution in [2.75, 3.05) is 14.2 Å². The molecule has 0 saturated carbocycles. The number of rotatable bonds is 7. The second kappa shape index (κ2) is 8.75. The van der Waals surface area contributed by atoms with Gasteiger partial charge < -0.3 is 19.3 Å². The van der Waals surface area contributed by atoms with Crippen LogP contribution in [0.3, 0.4) is 0 Å². The van der Waals surface area contributed by atoms with Crippen LogP contribution in [0, 0.1) is 0 Å². The van der Waals surface area contributed by atoms with Crippen molar-refractivity contribution in [2.24, 2.45) is 5.10 Å². The van der Waals surface area contributed by atoms with Crippen molar-refractivity contribution >= 4 is 12.1 Å². The van der Waals surface area contributed by atoms with Crippen LogP contribution in [0.5, 0.6) is 23.0 Å². The van der Waals surface area contributed by atoms with Gasteiger partial charge in [-0.15, -0.1) is 0 Å². The second-order valence-corrected chi connectivity index (χ2v) is 5.65. The Hall–Kier alpha value is -3.22. The van der Waals surface area contributed by atoms with E-state index in [4.69, 9.17) is 14.2 Å². The first kappa shape index (κ1) is 19.1. The number of phenolic OH excluding ortho intramolecular Hbond substituents is 1. The molecule has 2 aromatic rings. The molecular weight excluding hydrogens is 336 g/mol. The van der Waals surface area contributed by atoms with Crippen molar-refractivity contribution in [2.45, 2.75) is 20.0 Å². The number of methoxy groups -OCH3 is 2. The molecule has 2 N–H and O–H groups in total. The number of hydrazone groups is 1. The highest BCUT2D eigenvalue weighted by Gasteiger charge is 2.12. The molecule has 1 amide bonds. The molecule has 2 aromatic carbocycles. The summed E-state index contributed by atoms with van der Waals surface area (Å²) in [5, 5.41) is 13.9. The summed E-state index contributed by atoms with van der Waals surface area (Å²) >= 11 is 0. The Bertz CT molecular complexity index is 803. The van der Waals surface area contributed by atoms with E-state index in [9.17, 15) is 9.90 Å². The number of carbonyl (C=O) groups is 1. The van der Waals surface area contributed by atoms with Gasteiger partial charge in [0, 0.05) is 17.7 Å². The van der Waals surface area contributed by atoms with Crippen molar-refractivity contribution < 1.29 is 24.1 Å². The van der Waals surface area contributed by atoms with E-state index >= 15 is 0 Å². The predicted octanol–water partition coefficient (Wildman–Crippen LogP) is 2.96. The van der Waals surface area contributed by atoms with Crippen LogP contribution in [-0.2, 0) is 0 Å². The molecule has 0 bridgehead atoms. The van der Waals surface area contributed by atoms with E-state index in [2.05, 4.69) is 10.5 Å². The molecule has 0 spiro atoms. The van der Waals surface area contributed by atoms with Gasteiger partial charge in [0.2, 0.25) is 0 Å². The highest BCUT2D eigenvalue weighted by atomic mass is 16.5. The number of phenols is 1. The average molecular weight is 358 g/mol. The fraction of sp³-hybridized carbons (Fsp3) is 0.263. The number of hydrogen-bond donors (Lipinski definition) is 2. The van der Waals surface area contributed by atoms with Gasteiger partial charge in [0.05, 0.1) is 32.1 Å². The molecule has 0 aliphatic carbocycles. The zero-order valence-corrected chi connectivity index (χ0v) is 15.1. The van der Waals surface area contributed by atoms with Gasteiger partial charge in [-0.3, -0.25) is 4.79 Å². The van der Waals surface area contributed by atoms with Crippen molar-refractivity contribution in [3.63, 3.8) is 0 Å². The van der Waals surface area contributed by atoms with Gasteiger partial charge in [0.1, 0.15) is 23.0 Å². The van der Waals surface area contributed by atoms with Crippen molar-refractivity contribution in [3.05, 3.63) is 47.5 Å². The highest BCUT2D eigenvalue weighted by Crippen LogP contribution is 2.25. The largest absolute Gasteiger partial charge is 0.507 e. The van der Waals surface area contributed by atoms with E-state index in [0.717, 1.165) is 0 Å². The van der Waals surface area contributed by atoms with Gasteiger partial charge in [-0.2, -0.15) is 5.10 Å². The van der Waals surface area contributed by atoms with Crippen LogP contribution in [0.1, 0.15) is 29.8 Å². The van der Waals surface area contributed by atoms with Gasteiger partial charge >= 0.3 is 0 Å². The average Bonchev–Trinajstić information content (AvgIpc) is 2.62. The zero-order chi connectivity index (χ0) is 19.1. The maximum atomic E-state index is 12.2. The highest BCUT2D eigenvalue weighted by molar-refractivity contribution is 5.97. The van der Waals surface area contributed by atoms with Gasteiger partial charge in [-0.1, -0.05) is 0 Å². The summed E-state index contributed by atoms with van der Waals surface area (Å²) in [5.74, 6) is 1.07. The third kappa shape index (κ3) is 4.89. The van der Waals surface area contributed by atoms with Gasteiger partial charge in [0.15, 0.2) is 0 Å². The van der Waals surface area contributed by atoms with E-state index in [1.807, 2.05) is 13.8 Å². The number of aromatic hydroxyl groups is 1. The lowest BCUT2D eigenvalue weighted by Gasteiger charge is -2.10. The minimum atomic E-state index is -0.444. The first-order valence-electron chi connectivity index (χ1n) is 7.99. The maximum Gasteiger partial charge on any atom is 0.275 e. The summed E-state index contributed by atoms with van der Waals surface area (Å²) < 4.78 is 15.8. The zero-order valence-electron chi connectivity index (χ0n) is 15.1. The van der Waals surface area contributed by atoms with E-state index in [1.165, 1.54) is 26.5 Å². The third-order valence-electron chi connectivity index (χ3n) is 3.40. The minimum absolute atomic E-state index is 0.00294. The molecule has 0 saturated heterocycles. The molecule has 2 rings (SSSR count). The quantitative estimate of drug-likeness (QED) is 0.587. The predicted molar refractivity (Wildman–Crippen MR) is 98.5 cm³/mol. The number of nitrogens with zero attached hydrogens (tertiary/aromatic N) is 1. The fourth-order valence-corrected chi connectivity index (χ4v) is 2.18. The van der Waals surface area contributed by atoms with E-state index < -0.39 is 5.91 Å². The minimum Gasteiger partial charge on any atom is -0.507 e. The Balaban J connectivity index is 2.07.